The number of amides is 1. The number of nitrogens with zero attached hydrogens (tertiary/aromatic N) is 3. The summed E-state index contributed by atoms with van der Waals surface area (Å²) in [7, 11) is 1.35. The van der Waals surface area contributed by atoms with Crippen LogP contribution in [0.5, 0.6) is 0 Å². The fraction of sp³-hybridized carbons (Fsp3) is 0.273. The highest BCUT2D eigenvalue weighted by molar-refractivity contribution is 7.14. The highest BCUT2D eigenvalue weighted by atomic mass is 32.1. The summed E-state index contributed by atoms with van der Waals surface area (Å²) in [5.74, 6) is -0.355. The molecule has 0 radical (unpaired) electrons. The number of hydrogen-bond donors (Lipinski definition) is 2. The van der Waals surface area contributed by atoms with E-state index in [4.69, 9.17) is 4.74 Å². The first-order valence-corrected chi connectivity index (χ1v) is 11.1. The van der Waals surface area contributed by atoms with Crippen molar-refractivity contribution in [3.8, 4) is 0 Å². The lowest BCUT2D eigenvalue weighted by atomic mass is 10.1. The van der Waals surface area contributed by atoms with Gasteiger partial charge in [-0.05, 0) is 42.2 Å². The number of aromatic nitrogens is 4. The van der Waals surface area contributed by atoms with E-state index in [2.05, 4.69) is 20.4 Å². The summed E-state index contributed by atoms with van der Waals surface area (Å²) in [4.78, 5) is 55.8. The zero-order chi connectivity index (χ0) is 23.1. The van der Waals surface area contributed by atoms with Crippen molar-refractivity contribution in [2.45, 2.75) is 25.8 Å². The van der Waals surface area contributed by atoms with Crippen LogP contribution in [-0.4, -0.2) is 50.8 Å². The topological polar surface area (TPSA) is 138 Å². The van der Waals surface area contributed by atoms with Gasteiger partial charge in [-0.1, -0.05) is 11.3 Å². The molecule has 2 N–H and O–H groups in total. The minimum absolute atomic E-state index is 0.00628. The first kappa shape index (κ1) is 21.0. The Kier molecular flexibility index (Phi) is 5.25. The van der Waals surface area contributed by atoms with E-state index in [0.29, 0.717) is 41.7 Å². The molecule has 0 bridgehead atoms. The van der Waals surface area contributed by atoms with E-state index in [0.717, 1.165) is 16.0 Å². The molecule has 168 valence electrons. The lowest BCUT2D eigenvalue weighted by Gasteiger charge is -2.27. The van der Waals surface area contributed by atoms with Crippen LogP contribution in [-0.2, 0) is 28.9 Å². The number of benzene rings is 1. The Labute approximate surface area is 190 Å². The second-order valence-corrected chi connectivity index (χ2v) is 8.95. The molecule has 3 aromatic heterocycles. The summed E-state index contributed by atoms with van der Waals surface area (Å²) in [5.41, 5.74) is 1.34. The number of fused-ring (bicyclic) bond motifs is 3. The Balaban J connectivity index is 1.32. The zero-order valence-electron chi connectivity index (χ0n) is 17.6. The van der Waals surface area contributed by atoms with Crippen LogP contribution in [0.3, 0.4) is 0 Å². The maximum Gasteiger partial charge on any atom is 0.348 e. The highest BCUT2D eigenvalue weighted by Crippen LogP contribution is 2.29. The van der Waals surface area contributed by atoms with Crippen LogP contribution in [0.2, 0.25) is 0 Å². The number of aromatic amines is 2. The largest absolute Gasteiger partial charge is 0.465 e. The van der Waals surface area contributed by atoms with Crippen molar-refractivity contribution in [2.24, 2.45) is 0 Å². The van der Waals surface area contributed by atoms with E-state index in [1.165, 1.54) is 18.4 Å². The van der Waals surface area contributed by atoms with Gasteiger partial charge in [0.05, 0.1) is 12.6 Å². The van der Waals surface area contributed by atoms with E-state index in [9.17, 15) is 19.2 Å². The molecule has 0 unspecified atom stereocenters. The normalized spacial score (nSPS) is 13.3. The van der Waals surface area contributed by atoms with E-state index in [1.807, 2.05) is 0 Å². The molecule has 5 rings (SSSR count). The third-order valence-electron chi connectivity index (χ3n) is 5.80. The third-order valence-corrected chi connectivity index (χ3v) is 7.02. The molecular formula is C22H19N5O5S. The number of H-pyrrole nitrogens is 2. The quantitative estimate of drug-likeness (QED) is 0.436. The van der Waals surface area contributed by atoms with Gasteiger partial charge in [-0.2, -0.15) is 0 Å². The molecule has 0 aliphatic carbocycles. The lowest BCUT2D eigenvalue weighted by Crippen LogP contribution is -2.35. The van der Waals surface area contributed by atoms with Crippen LogP contribution in [0.1, 0.15) is 32.1 Å². The number of hydrogen-bond acceptors (Lipinski definition) is 8. The van der Waals surface area contributed by atoms with Gasteiger partial charge in [0.2, 0.25) is 11.3 Å². The number of carbonyl (C=O) groups excluding carboxylic acids is 2. The van der Waals surface area contributed by atoms with Crippen molar-refractivity contribution in [3.63, 3.8) is 0 Å². The van der Waals surface area contributed by atoms with Gasteiger partial charge in [0.15, 0.2) is 5.52 Å². The van der Waals surface area contributed by atoms with Crippen LogP contribution >= 0.6 is 11.3 Å². The van der Waals surface area contributed by atoms with Crippen molar-refractivity contribution in [1.29, 1.82) is 0 Å². The van der Waals surface area contributed by atoms with E-state index in [1.54, 1.807) is 29.2 Å². The van der Waals surface area contributed by atoms with Gasteiger partial charge in [-0.25, -0.2) is 4.79 Å². The molecule has 33 heavy (non-hydrogen) atoms. The molecule has 1 aliphatic heterocycles. The average molecular weight is 465 g/mol. The fourth-order valence-corrected chi connectivity index (χ4v) is 5.15. The molecule has 0 saturated carbocycles. The van der Waals surface area contributed by atoms with Crippen molar-refractivity contribution < 1.29 is 14.3 Å². The van der Waals surface area contributed by atoms with Crippen LogP contribution in [0.4, 0.5) is 0 Å². The maximum absolute atomic E-state index is 12.8. The number of nitrogens with one attached hydrogen (secondary N) is 2. The first-order valence-electron chi connectivity index (χ1n) is 10.3. The number of ether oxygens (including phenoxy) is 1. The Bertz CT molecular complexity index is 1540. The summed E-state index contributed by atoms with van der Waals surface area (Å²) in [5, 5.41) is 10.0. The Morgan fingerprint density at radius 2 is 2.09 bits per heavy atom. The number of carbonyl (C=O) groups is 2. The number of thiophene rings is 1. The molecule has 1 aliphatic rings. The molecule has 4 aromatic rings. The molecule has 0 fully saturated rings. The smallest absolute Gasteiger partial charge is 0.348 e. The van der Waals surface area contributed by atoms with Gasteiger partial charge in [0, 0.05) is 29.8 Å². The zero-order valence-corrected chi connectivity index (χ0v) is 18.5. The summed E-state index contributed by atoms with van der Waals surface area (Å²) in [6.07, 6.45) is 1.45. The van der Waals surface area contributed by atoms with Crippen LogP contribution < -0.4 is 11.0 Å². The van der Waals surface area contributed by atoms with Crippen LogP contribution in [0.25, 0.3) is 21.9 Å². The monoisotopic (exact) mass is 465 g/mol. The fourth-order valence-electron chi connectivity index (χ4n) is 4.07. The summed E-state index contributed by atoms with van der Waals surface area (Å²) < 4.78 is 4.79. The molecule has 0 spiro atoms. The van der Waals surface area contributed by atoms with E-state index in [-0.39, 0.29) is 34.8 Å². The van der Waals surface area contributed by atoms with Crippen molar-refractivity contribution >= 4 is 45.1 Å². The molecule has 1 aromatic carbocycles. The van der Waals surface area contributed by atoms with Gasteiger partial charge in [0.25, 0.3) is 5.56 Å². The molecule has 1 amide bonds. The SMILES string of the molecule is COC(=O)c1cc2c(s1)CCN(C(=O)CCc1ccc3c(=O)c4[nH]nnc4c(=O)[nH]c3c1)C2. The molecule has 4 heterocycles. The maximum atomic E-state index is 12.8. The Morgan fingerprint density at radius 3 is 2.91 bits per heavy atom. The number of rotatable bonds is 4. The number of esters is 1. The molecule has 10 nitrogen and oxygen atoms in total. The molecular weight excluding hydrogens is 446 g/mol. The van der Waals surface area contributed by atoms with Gasteiger partial charge in [0.1, 0.15) is 10.4 Å². The standard InChI is InChI=1S/C22H19N5O5S/c1-32-22(31)16-9-12-10-27(7-6-15(12)33-16)17(28)5-3-11-2-4-13-14(8-11)23-21(30)19-18(20(13)29)24-26-25-19/h2,4,8-9H,3,5-7,10H2,1H3,(H,23,30)(H,24,25,26). The van der Waals surface area contributed by atoms with Crippen molar-refractivity contribution in [1.82, 2.24) is 25.3 Å². The lowest BCUT2D eigenvalue weighted by molar-refractivity contribution is -0.132. The highest BCUT2D eigenvalue weighted by Gasteiger charge is 2.24. The Hall–Kier alpha value is -3.86. The summed E-state index contributed by atoms with van der Waals surface area (Å²) in [6.45, 7) is 1.07. The van der Waals surface area contributed by atoms with Crippen LogP contribution in [0.15, 0.2) is 33.9 Å². The Morgan fingerprint density at radius 1 is 1.24 bits per heavy atom. The van der Waals surface area contributed by atoms with E-state index >= 15 is 0 Å². The molecule has 11 heteroatoms. The third kappa shape index (κ3) is 3.80. The van der Waals surface area contributed by atoms with Gasteiger partial charge in [-0.15, -0.1) is 16.4 Å². The molecule has 0 saturated heterocycles. The summed E-state index contributed by atoms with van der Waals surface area (Å²) in [6, 6.07) is 6.94. The minimum Gasteiger partial charge on any atom is -0.465 e. The minimum atomic E-state index is -0.509. The van der Waals surface area contributed by atoms with Gasteiger partial charge < -0.3 is 14.6 Å². The summed E-state index contributed by atoms with van der Waals surface area (Å²) >= 11 is 1.42. The second kappa shape index (κ2) is 8.24. The van der Waals surface area contributed by atoms with Gasteiger partial charge >= 0.3 is 5.97 Å². The predicted octanol–water partition coefficient (Wildman–Crippen LogP) is 1.53. The van der Waals surface area contributed by atoms with Crippen molar-refractivity contribution in [2.75, 3.05) is 13.7 Å². The average Bonchev–Trinajstić information content (AvgIpc) is 3.46. The predicted molar refractivity (Wildman–Crippen MR) is 121 cm³/mol. The van der Waals surface area contributed by atoms with Crippen molar-refractivity contribution in [3.05, 3.63) is 65.7 Å². The number of methoxy groups -OCH3 is 1. The second-order valence-electron chi connectivity index (χ2n) is 7.81. The first-order chi connectivity index (χ1) is 15.9. The van der Waals surface area contributed by atoms with E-state index < -0.39 is 5.56 Å². The van der Waals surface area contributed by atoms with Crippen LogP contribution in [0, 0.1) is 0 Å². The van der Waals surface area contributed by atoms with Gasteiger partial charge in [-0.3, -0.25) is 19.5 Å². The molecule has 0 atom stereocenters. The number of aryl methyl sites for hydroxylation is 1.